The fourth-order valence-corrected chi connectivity index (χ4v) is 4.28. The maximum atomic E-state index is 13.4. The summed E-state index contributed by atoms with van der Waals surface area (Å²) in [7, 11) is 0. The van der Waals surface area contributed by atoms with Crippen molar-refractivity contribution >= 4 is 23.7 Å². The molecule has 0 bridgehead atoms. The van der Waals surface area contributed by atoms with E-state index in [1.165, 1.54) is 19.9 Å². The predicted octanol–water partition coefficient (Wildman–Crippen LogP) is 2.03. The molecule has 1 aliphatic carbocycles. The number of hydrogen-bond donors (Lipinski definition) is 2. The number of aliphatic hydroxyl groups is 2. The van der Waals surface area contributed by atoms with Crippen LogP contribution >= 0.6 is 0 Å². The SMILES string of the molecule is C=C1C(=O)O[C@@H]2[C@@H]1[C@H](OC(=O)/C(C)=C\C)C(=O)[C@@H](C)C[C@H](O)C[C@](C)(O)[C@H]2OC(=O)C(C)CC. The normalized spacial score (nSPS) is 35.8. The highest BCUT2D eigenvalue weighted by atomic mass is 16.6. The Morgan fingerprint density at radius 1 is 1.32 bits per heavy atom. The molecule has 1 unspecified atom stereocenters. The molecule has 2 rings (SSSR count). The molecule has 9 heteroatoms. The minimum atomic E-state index is -1.83. The van der Waals surface area contributed by atoms with Gasteiger partial charge < -0.3 is 24.4 Å². The van der Waals surface area contributed by atoms with Gasteiger partial charge in [-0.2, -0.15) is 0 Å². The van der Waals surface area contributed by atoms with Crippen LogP contribution in [0.5, 0.6) is 0 Å². The molecule has 34 heavy (non-hydrogen) atoms. The van der Waals surface area contributed by atoms with Crippen LogP contribution in [-0.2, 0) is 33.4 Å². The molecule has 2 aliphatic rings. The molecule has 0 amide bonds. The van der Waals surface area contributed by atoms with Crippen LogP contribution in [0.15, 0.2) is 23.8 Å². The molecular weight excluding hydrogens is 444 g/mol. The van der Waals surface area contributed by atoms with E-state index in [9.17, 15) is 29.4 Å². The summed E-state index contributed by atoms with van der Waals surface area (Å²) in [6, 6.07) is 0. The number of carbonyl (C=O) groups excluding carboxylic acids is 4. The fraction of sp³-hybridized carbons (Fsp3) is 0.680. The van der Waals surface area contributed by atoms with Gasteiger partial charge in [-0.05, 0) is 33.6 Å². The van der Waals surface area contributed by atoms with Crippen LogP contribution in [0.2, 0.25) is 0 Å². The Hall–Kier alpha value is -2.52. The summed E-state index contributed by atoms with van der Waals surface area (Å²) in [6.45, 7) is 13.3. The van der Waals surface area contributed by atoms with Gasteiger partial charge in [0.1, 0.15) is 5.60 Å². The summed E-state index contributed by atoms with van der Waals surface area (Å²) in [5.74, 6) is -5.24. The van der Waals surface area contributed by atoms with E-state index in [0.29, 0.717) is 6.42 Å². The van der Waals surface area contributed by atoms with Crippen LogP contribution < -0.4 is 0 Å². The Kier molecular flexibility index (Phi) is 8.82. The maximum absolute atomic E-state index is 13.4. The lowest BCUT2D eigenvalue weighted by molar-refractivity contribution is -0.199. The van der Waals surface area contributed by atoms with E-state index in [-0.39, 0.29) is 24.0 Å². The van der Waals surface area contributed by atoms with E-state index in [1.54, 1.807) is 27.7 Å². The zero-order valence-electron chi connectivity index (χ0n) is 20.7. The van der Waals surface area contributed by atoms with E-state index in [2.05, 4.69) is 6.58 Å². The largest absolute Gasteiger partial charge is 0.455 e. The van der Waals surface area contributed by atoms with Gasteiger partial charge in [0, 0.05) is 23.5 Å². The summed E-state index contributed by atoms with van der Waals surface area (Å²) in [6.07, 6.45) is -3.71. The fourth-order valence-electron chi connectivity index (χ4n) is 4.28. The van der Waals surface area contributed by atoms with Gasteiger partial charge in [0.15, 0.2) is 24.1 Å². The third-order valence-corrected chi connectivity index (χ3v) is 6.79. The molecule has 1 aliphatic heterocycles. The van der Waals surface area contributed by atoms with Crippen molar-refractivity contribution in [2.45, 2.75) is 90.8 Å². The average molecular weight is 481 g/mol. The molecule has 9 nitrogen and oxygen atoms in total. The number of Topliss-reactive ketones (excluding diaryl/α,β-unsaturated/α-hetero) is 1. The summed E-state index contributed by atoms with van der Waals surface area (Å²) < 4.78 is 16.7. The Labute approximate surface area is 200 Å². The zero-order valence-corrected chi connectivity index (χ0v) is 20.7. The van der Waals surface area contributed by atoms with Crippen molar-refractivity contribution in [3.05, 3.63) is 23.8 Å². The number of esters is 3. The monoisotopic (exact) mass is 480 g/mol. The number of ether oxygens (including phenoxy) is 3. The lowest BCUT2D eigenvalue weighted by Gasteiger charge is -2.41. The number of aliphatic hydroxyl groups excluding tert-OH is 1. The molecule has 0 radical (unpaired) electrons. The van der Waals surface area contributed by atoms with Gasteiger partial charge in [0.05, 0.1) is 17.9 Å². The Bertz CT molecular complexity index is 872. The second-order valence-corrected chi connectivity index (χ2v) is 9.64. The number of hydrogen-bond acceptors (Lipinski definition) is 9. The van der Waals surface area contributed by atoms with Crippen molar-refractivity contribution < 1.29 is 43.6 Å². The van der Waals surface area contributed by atoms with Gasteiger partial charge in [-0.25, -0.2) is 9.59 Å². The summed E-state index contributed by atoms with van der Waals surface area (Å²) in [5.41, 5.74) is -1.70. The average Bonchev–Trinajstić information content (AvgIpc) is 3.05. The van der Waals surface area contributed by atoms with Crippen LogP contribution in [0, 0.1) is 17.8 Å². The molecule has 8 atom stereocenters. The number of rotatable bonds is 5. The molecule has 0 aromatic rings. The van der Waals surface area contributed by atoms with E-state index < -0.39 is 71.5 Å². The van der Waals surface area contributed by atoms with E-state index in [1.807, 2.05) is 0 Å². The Morgan fingerprint density at radius 3 is 2.50 bits per heavy atom. The van der Waals surface area contributed by atoms with Crippen molar-refractivity contribution in [1.29, 1.82) is 0 Å². The third-order valence-electron chi connectivity index (χ3n) is 6.79. The van der Waals surface area contributed by atoms with Crippen LogP contribution in [0.3, 0.4) is 0 Å². The van der Waals surface area contributed by atoms with Crippen LogP contribution in [0.4, 0.5) is 0 Å². The maximum Gasteiger partial charge on any atom is 0.334 e. The molecule has 1 saturated heterocycles. The minimum absolute atomic E-state index is 0.0314. The van der Waals surface area contributed by atoms with Gasteiger partial charge in [-0.3, -0.25) is 9.59 Å². The second-order valence-electron chi connectivity index (χ2n) is 9.64. The molecule has 0 spiro atoms. The molecule has 2 N–H and O–H groups in total. The van der Waals surface area contributed by atoms with Gasteiger partial charge >= 0.3 is 17.9 Å². The van der Waals surface area contributed by atoms with E-state index in [4.69, 9.17) is 14.2 Å². The van der Waals surface area contributed by atoms with Crippen molar-refractivity contribution in [2.24, 2.45) is 17.8 Å². The van der Waals surface area contributed by atoms with Crippen LogP contribution in [-0.4, -0.2) is 63.9 Å². The number of ketones is 1. The third kappa shape index (κ3) is 5.75. The number of allylic oxidation sites excluding steroid dienone is 1. The molecule has 2 fully saturated rings. The Balaban J connectivity index is 2.64. The first-order valence-electron chi connectivity index (χ1n) is 11.6. The minimum Gasteiger partial charge on any atom is -0.455 e. The number of fused-ring (bicyclic) bond motifs is 1. The molecule has 1 saturated carbocycles. The van der Waals surface area contributed by atoms with E-state index in [0.717, 1.165) is 0 Å². The first-order chi connectivity index (χ1) is 15.7. The predicted molar refractivity (Wildman–Crippen MR) is 121 cm³/mol. The zero-order chi connectivity index (χ0) is 26.0. The standard InChI is InChI=1S/C25H36O9/c1-8-12(3)22(28)32-19-17-15(6)24(30)33-20(17)21(34-23(29)13(4)9-2)25(7,31)11-16(26)10-14(5)18(19)27/h8,13-14,16-17,19-21,26,31H,6,9-11H2,1-5,7H3/b12-8-/t13?,14-,16-,17-,19-,20+,21-,25-/m0/s1. The molecule has 190 valence electrons. The second kappa shape index (κ2) is 10.8. The van der Waals surface area contributed by atoms with Crippen molar-refractivity contribution in [2.75, 3.05) is 0 Å². The van der Waals surface area contributed by atoms with Crippen molar-refractivity contribution in [1.82, 2.24) is 0 Å². The smallest absolute Gasteiger partial charge is 0.334 e. The highest BCUT2D eigenvalue weighted by Crippen LogP contribution is 2.41. The van der Waals surface area contributed by atoms with E-state index >= 15 is 0 Å². The highest BCUT2D eigenvalue weighted by molar-refractivity contribution is 5.96. The first kappa shape index (κ1) is 27.7. The first-order valence-corrected chi connectivity index (χ1v) is 11.6. The van der Waals surface area contributed by atoms with Crippen molar-refractivity contribution in [3.63, 3.8) is 0 Å². The highest BCUT2D eigenvalue weighted by Gasteiger charge is 2.57. The van der Waals surface area contributed by atoms with Crippen LogP contribution in [0.25, 0.3) is 0 Å². The van der Waals surface area contributed by atoms with Gasteiger partial charge in [0.2, 0.25) is 0 Å². The molecule has 1 heterocycles. The lowest BCUT2D eigenvalue weighted by Crippen LogP contribution is -2.57. The Morgan fingerprint density at radius 2 is 1.94 bits per heavy atom. The summed E-state index contributed by atoms with van der Waals surface area (Å²) >= 11 is 0. The van der Waals surface area contributed by atoms with Gasteiger partial charge in [0.25, 0.3) is 0 Å². The molecular formula is C25H36O9. The van der Waals surface area contributed by atoms with Crippen LogP contribution in [0.1, 0.15) is 60.8 Å². The lowest BCUT2D eigenvalue weighted by atomic mass is 9.75. The quantitative estimate of drug-likeness (QED) is 0.344. The molecule has 0 aromatic heterocycles. The summed E-state index contributed by atoms with van der Waals surface area (Å²) in [5, 5.41) is 21.9. The topological polar surface area (TPSA) is 136 Å². The van der Waals surface area contributed by atoms with Gasteiger partial charge in [-0.1, -0.05) is 33.4 Å². The van der Waals surface area contributed by atoms with Crippen molar-refractivity contribution in [3.8, 4) is 0 Å². The number of carbonyl (C=O) groups is 4. The molecule has 0 aromatic carbocycles. The summed E-state index contributed by atoms with van der Waals surface area (Å²) in [4.78, 5) is 51.3. The van der Waals surface area contributed by atoms with Gasteiger partial charge in [-0.15, -0.1) is 0 Å².